The first-order valence-corrected chi connectivity index (χ1v) is 7.22. The van der Waals surface area contributed by atoms with E-state index in [1.54, 1.807) is 18.2 Å². The Morgan fingerprint density at radius 2 is 1.78 bits per heavy atom. The summed E-state index contributed by atoms with van der Waals surface area (Å²) < 4.78 is 21.2. The van der Waals surface area contributed by atoms with Crippen molar-refractivity contribution < 1.29 is 18.3 Å². The Morgan fingerprint density at radius 1 is 1.22 bits per heavy atom. The molecule has 0 fully saturated rings. The minimum Gasteiger partial charge on any atom is -0.481 e. The lowest BCUT2D eigenvalue weighted by atomic mass is 10.2. The lowest BCUT2D eigenvalue weighted by Crippen LogP contribution is -2.11. The van der Waals surface area contributed by atoms with Crippen LogP contribution in [0.25, 0.3) is 0 Å². The number of carbonyl (C=O) groups is 1. The second kappa shape index (κ2) is 8.66. The average molecular weight is 273 g/mol. The van der Waals surface area contributed by atoms with E-state index in [0.29, 0.717) is 6.42 Å². The number of unbranched alkanes of at least 4 members (excludes halogenated alkanes) is 2. The van der Waals surface area contributed by atoms with Gasteiger partial charge < -0.3 is 5.11 Å². The number of primary sulfonamides is 1. The highest BCUT2D eigenvalue weighted by atomic mass is 32.2. The zero-order valence-electron chi connectivity index (χ0n) is 10.4. The van der Waals surface area contributed by atoms with Crippen LogP contribution in [0.5, 0.6) is 0 Å². The highest BCUT2D eigenvalue weighted by molar-refractivity contribution is 7.89. The van der Waals surface area contributed by atoms with Crippen LogP contribution in [0.3, 0.4) is 0 Å². The molecule has 0 heterocycles. The largest absolute Gasteiger partial charge is 0.481 e. The van der Waals surface area contributed by atoms with E-state index in [1.807, 2.05) is 0 Å². The molecule has 0 atom stereocenters. The summed E-state index contributed by atoms with van der Waals surface area (Å²) >= 11 is 0. The Bertz CT molecular complexity index is 442. The summed E-state index contributed by atoms with van der Waals surface area (Å²) in [4.78, 5) is 10.0. The number of benzene rings is 1. The maximum atomic E-state index is 10.6. The Kier molecular flexibility index (Phi) is 7.98. The van der Waals surface area contributed by atoms with Crippen LogP contribution in [0.2, 0.25) is 0 Å². The van der Waals surface area contributed by atoms with Crippen molar-refractivity contribution in [2.45, 2.75) is 37.5 Å². The molecule has 0 aromatic heterocycles. The average Bonchev–Trinajstić information content (AvgIpc) is 2.30. The highest BCUT2D eigenvalue weighted by Gasteiger charge is 2.03. The zero-order chi connectivity index (χ0) is 14.0. The molecule has 18 heavy (non-hydrogen) atoms. The maximum absolute atomic E-state index is 10.6. The van der Waals surface area contributed by atoms with E-state index in [4.69, 9.17) is 10.2 Å². The van der Waals surface area contributed by atoms with Crippen LogP contribution in [0, 0.1) is 0 Å². The van der Waals surface area contributed by atoms with Crippen LogP contribution in [0.4, 0.5) is 0 Å². The zero-order valence-corrected chi connectivity index (χ0v) is 11.2. The van der Waals surface area contributed by atoms with Gasteiger partial charge in [0.2, 0.25) is 10.0 Å². The number of carboxylic acids is 1. The molecule has 1 aromatic rings. The van der Waals surface area contributed by atoms with Gasteiger partial charge in [0.15, 0.2) is 0 Å². The molecule has 1 rings (SSSR count). The summed E-state index contributed by atoms with van der Waals surface area (Å²) in [5.74, 6) is -0.682. The van der Waals surface area contributed by atoms with E-state index in [0.717, 1.165) is 19.3 Å². The molecule has 0 unspecified atom stereocenters. The second-order valence-electron chi connectivity index (χ2n) is 3.71. The monoisotopic (exact) mass is 273 g/mol. The Morgan fingerprint density at radius 3 is 2.11 bits per heavy atom. The van der Waals surface area contributed by atoms with Crippen LogP contribution >= 0.6 is 0 Å². The fourth-order valence-corrected chi connectivity index (χ4v) is 1.67. The molecular formula is C12H19NO4S. The van der Waals surface area contributed by atoms with E-state index in [1.165, 1.54) is 12.1 Å². The van der Waals surface area contributed by atoms with Gasteiger partial charge in [-0.1, -0.05) is 38.0 Å². The van der Waals surface area contributed by atoms with Crippen LogP contribution < -0.4 is 5.14 Å². The van der Waals surface area contributed by atoms with Gasteiger partial charge in [-0.25, -0.2) is 13.6 Å². The lowest BCUT2D eigenvalue weighted by molar-refractivity contribution is -0.137. The predicted molar refractivity (Wildman–Crippen MR) is 69.6 cm³/mol. The topological polar surface area (TPSA) is 97.5 Å². The molecule has 1 aromatic carbocycles. The van der Waals surface area contributed by atoms with Gasteiger partial charge in [-0.15, -0.1) is 0 Å². The van der Waals surface area contributed by atoms with Crippen molar-refractivity contribution in [3.05, 3.63) is 30.3 Å². The summed E-state index contributed by atoms with van der Waals surface area (Å²) in [5.41, 5.74) is 0. The molecule has 0 saturated carbocycles. The van der Waals surface area contributed by atoms with Crippen molar-refractivity contribution in [2.75, 3.05) is 0 Å². The SMILES string of the molecule is CCCCCC(=O)O.NS(=O)(=O)c1ccccc1. The third-order valence-corrected chi connectivity index (χ3v) is 3.00. The summed E-state index contributed by atoms with van der Waals surface area (Å²) in [5, 5.41) is 13.0. The maximum Gasteiger partial charge on any atom is 0.303 e. The molecule has 0 aliphatic rings. The van der Waals surface area contributed by atoms with E-state index < -0.39 is 16.0 Å². The number of rotatable bonds is 5. The van der Waals surface area contributed by atoms with Crippen LogP contribution in [0.15, 0.2) is 35.2 Å². The molecule has 6 heteroatoms. The molecule has 0 bridgehead atoms. The van der Waals surface area contributed by atoms with Crippen molar-refractivity contribution >= 4 is 16.0 Å². The summed E-state index contributed by atoms with van der Waals surface area (Å²) in [6.45, 7) is 2.06. The summed E-state index contributed by atoms with van der Waals surface area (Å²) in [6, 6.07) is 7.89. The molecule has 3 N–H and O–H groups in total. The minimum absolute atomic E-state index is 0.148. The van der Waals surface area contributed by atoms with Gasteiger partial charge in [-0.2, -0.15) is 0 Å². The molecule has 0 saturated heterocycles. The summed E-state index contributed by atoms with van der Waals surface area (Å²) in [6.07, 6.45) is 3.28. The third kappa shape index (κ3) is 8.72. The first kappa shape index (κ1) is 16.6. The first-order chi connectivity index (χ1) is 8.38. The Balaban J connectivity index is 0.000000331. The van der Waals surface area contributed by atoms with Gasteiger partial charge in [0.25, 0.3) is 0 Å². The second-order valence-corrected chi connectivity index (χ2v) is 5.27. The number of sulfonamides is 1. The van der Waals surface area contributed by atoms with Gasteiger partial charge in [0.05, 0.1) is 4.90 Å². The Labute approximate surface area is 108 Å². The molecule has 0 spiro atoms. The number of hydrogen-bond acceptors (Lipinski definition) is 3. The predicted octanol–water partition coefficient (Wildman–Crippen LogP) is 1.99. The normalized spacial score (nSPS) is 10.3. The van der Waals surface area contributed by atoms with Gasteiger partial charge in [-0.3, -0.25) is 4.79 Å². The van der Waals surface area contributed by atoms with Crippen molar-refractivity contribution in [2.24, 2.45) is 5.14 Å². The summed E-state index contributed by atoms with van der Waals surface area (Å²) in [7, 11) is -3.50. The molecule has 102 valence electrons. The lowest BCUT2D eigenvalue weighted by Gasteiger charge is -1.93. The van der Waals surface area contributed by atoms with Crippen LogP contribution in [0.1, 0.15) is 32.6 Å². The number of carboxylic acid groups (broad SMARTS) is 1. The first-order valence-electron chi connectivity index (χ1n) is 5.67. The number of aliphatic carboxylic acids is 1. The van der Waals surface area contributed by atoms with Gasteiger partial charge in [-0.05, 0) is 18.6 Å². The standard InChI is InChI=1S/C6H7NO2S.C6H12O2/c7-10(8,9)6-4-2-1-3-5-6;1-2-3-4-5-6(7)8/h1-5H,(H2,7,8,9);2-5H2,1H3,(H,7,8). The van der Waals surface area contributed by atoms with Crippen molar-refractivity contribution in [1.82, 2.24) is 0 Å². The quantitative estimate of drug-likeness (QED) is 0.801. The van der Waals surface area contributed by atoms with Gasteiger partial charge in [0, 0.05) is 6.42 Å². The van der Waals surface area contributed by atoms with Gasteiger partial charge in [0.1, 0.15) is 0 Å². The van der Waals surface area contributed by atoms with Crippen LogP contribution in [-0.2, 0) is 14.8 Å². The fraction of sp³-hybridized carbons (Fsp3) is 0.417. The van der Waals surface area contributed by atoms with Gasteiger partial charge >= 0.3 is 5.97 Å². The highest BCUT2D eigenvalue weighted by Crippen LogP contribution is 2.03. The smallest absolute Gasteiger partial charge is 0.303 e. The Hall–Kier alpha value is -1.40. The van der Waals surface area contributed by atoms with Crippen molar-refractivity contribution in [3.8, 4) is 0 Å². The number of hydrogen-bond donors (Lipinski definition) is 2. The molecule has 5 nitrogen and oxygen atoms in total. The van der Waals surface area contributed by atoms with E-state index in [-0.39, 0.29) is 4.90 Å². The molecule has 0 aliphatic heterocycles. The van der Waals surface area contributed by atoms with Crippen LogP contribution in [-0.4, -0.2) is 19.5 Å². The van der Waals surface area contributed by atoms with E-state index >= 15 is 0 Å². The third-order valence-electron chi connectivity index (χ3n) is 2.07. The van der Waals surface area contributed by atoms with E-state index in [9.17, 15) is 13.2 Å². The molecular weight excluding hydrogens is 254 g/mol. The van der Waals surface area contributed by atoms with E-state index in [2.05, 4.69) is 6.92 Å². The molecule has 0 amide bonds. The van der Waals surface area contributed by atoms with Crippen molar-refractivity contribution in [1.29, 1.82) is 0 Å². The fourth-order valence-electron chi connectivity index (χ4n) is 1.14. The number of nitrogens with two attached hydrogens (primary N) is 1. The molecule has 0 radical (unpaired) electrons. The minimum atomic E-state index is -3.50. The van der Waals surface area contributed by atoms with Crippen molar-refractivity contribution in [3.63, 3.8) is 0 Å². The molecule has 0 aliphatic carbocycles.